The Kier molecular flexibility index (Phi) is 9.40. The first kappa shape index (κ1) is 26.3. The van der Waals surface area contributed by atoms with Gasteiger partial charge in [0.2, 0.25) is 0 Å². The van der Waals surface area contributed by atoms with Gasteiger partial charge in [-0.2, -0.15) is 8.78 Å². The molecular formula is C29H41F3O3. The first-order chi connectivity index (χ1) is 16.9. The number of carbonyl (C=O) groups is 1. The van der Waals surface area contributed by atoms with E-state index in [1.54, 1.807) is 0 Å². The van der Waals surface area contributed by atoms with Crippen LogP contribution >= 0.6 is 0 Å². The van der Waals surface area contributed by atoms with Crippen LogP contribution in [0.3, 0.4) is 0 Å². The predicted molar refractivity (Wildman–Crippen MR) is 130 cm³/mol. The Balaban J connectivity index is 1.29. The van der Waals surface area contributed by atoms with Crippen molar-refractivity contribution < 1.29 is 27.4 Å². The molecule has 4 atom stereocenters. The molecule has 3 fully saturated rings. The van der Waals surface area contributed by atoms with E-state index < -0.39 is 12.4 Å². The van der Waals surface area contributed by atoms with Crippen LogP contribution in [0.1, 0.15) is 96.8 Å². The van der Waals surface area contributed by atoms with E-state index in [1.165, 1.54) is 82.8 Å². The van der Waals surface area contributed by atoms with Gasteiger partial charge in [-0.3, -0.25) is 4.79 Å². The summed E-state index contributed by atoms with van der Waals surface area (Å²) < 4.78 is 48.7. The average Bonchev–Trinajstić information content (AvgIpc) is 2.85. The van der Waals surface area contributed by atoms with Gasteiger partial charge in [-0.05, 0) is 80.2 Å². The lowest BCUT2D eigenvalue weighted by molar-refractivity contribution is -0.144. The topological polar surface area (TPSA) is 35.5 Å². The van der Waals surface area contributed by atoms with Gasteiger partial charge in [0.05, 0.1) is 5.92 Å². The Labute approximate surface area is 208 Å². The van der Waals surface area contributed by atoms with Gasteiger partial charge < -0.3 is 9.47 Å². The lowest BCUT2D eigenvalue weighted by atomic mass is 9.59. The van der Waals surface area contributed by atoms with Gasteiger partial charge in [0.15, 0.2) is 11.6 Å². The molecular weight excluding hydrogens is 453 g/mol. The van der Waals surface area contributed by atoms with E-state index in [4.69, 9.17) is 4.74 Å². The van der Waals surface area contributed by atoms with Gasteiger partial charge in [0.1, 0.15) is 5.75 Å². The molecule has 3 nitrogen and oxygen atoms in total. The predicted octanol–water partition coefficient (Wildman–Crippen LogP) is 8.55. The molecule has 3 saturated carbocycles. The van der Waals surface area contributed by atoms with Crippen molar-refractivity contribution in [3.63, 3.8) is 0 Å². The molecule has 6 heteroatoms. The van der Waals surface area contributed by atoms with Crippen molar-refractivity contribution >= 4 is 5.97 Å². The summed E-state index contributed by atoms with van der Waals surface area (Å²) >= 11 is 0. The highest BCUT2D eigenvalue weighted by molar-refractivity contribution is 5.75. The van der Waals surface area contributed by atoms with Gasteiger partial charge in [0.25, 0.3) is 0 Å². The summed E-state index contributed by atoms with van der Waals surface area (Å²) in [6.45, 7) is -0.759. The number of alkyl halides is 2. The molecule has 1 aromatic carbocycles. The summed E-state index contributed by atoms with van der Waals surface area (Å²) in [4.78, 5) is 13.0. The largest absolute Gasteiger partial charge is 0.435 e. The number of hydrogen-bond acceptors (Lipinski definition) is 3. The first-order valence-electron chi connectivity index (χ1n) is 13.9. The smallest absolute Gasteiger partial charge is 0.387 e. The number of ether oxygens (including phenoxy) is 2. The molecule has 0 saturated heterocycles. The molecule has 0 N–H and O–H groups in total. The van der Waals surface area contributed by atoms with Gasteiger partial charge in [-0.25, -0.2) is 4.39 Å². The second-order valence-electron chi connectivity index (χ2n) is 11.2. The van der Waals surface area contributed by atoms with Crippen molar-refractivity contribution in [3.8, 4) is 11.5 Å². The third-order valence-electron chi connectivity index (χ3n) is 9.10. The van der Waals surface area contributed by atoms with Crippen molar-refractivity contribution in [3.05, 3.63) is 24.0 Å². The minimum Gasteiger partial charge on any atom is -0.435 e. The summed E-state index contributed by atoms with van der Waals surface area (Å²) in [5.41, 5.74) is 0. The second kappa shape index (κ2) is 12.5. The summed E-state index contributed by atoms with van der Waals surface area (Å²) in [5, 5.41) is 0. The Morgan fingerprint density at radius 2 is 1.74 bits per heavy atom. The molecule has 0 radical (unpaired) electrons. The van der Waals surface area contributed by atoms with Gasteiger partial charge >= 0.3 is 12.6 Å². The molecule has 0 aromatic heterocycles. The molecule has 0 amide bonds. The highest BCUT2D eigenvalue weighted by atomic mass is 19.3. The van der Waals surface area contributed by atoms with Crippen molar-refractivity contribution in [2.24, 2.45) is 35.5 Å². The van der Waals surface area contributed by atoms with Crippen LogP contribution in [0.25, 0.3) is 0 Å². The number of halogens is 3. The number of carbonyl (C=O) groups excluding carboxylic acids is 1. The summed E-state index contributed by atoms with van der Waals surface area (Å²) in [7, 11) is 0. The van der Waals surface area contributed by atoms with Crippen LogP contribution < -0.4 is 9.47 Å². The van der Waals surface area contributed by atoms with Crippen LogP contribution in [0.2, 0.25) is 0 Å². The Bertz CT molecular complexity index is 821. The maximum Gasteiger partial charge on any atom is 0.387 e. The van der Waals surface area contributed by atoms with E-state index in [2.05, 4.69) is 11.7 Å². The molecule has 0 spiro atoms. The van der Waals surface area contributed by atoms with Crippen LogP contribution in [0.15, 0.2) is 18.2 Å². The third kappa shape index (κ3) is 6.95. The van der Waals surface area contributed by atoms with E-state index in [0.717, 1.165) is 43.1 Å². The third-order valence-corrected chi connectivity index (χ3v) is 9.10. The van der Waals surface area contributed by atoms with Gasteiger partial charge in [0, 0.05) is 6.07 Å². The van der Waals surface area contributed by atoms with E-state index >= 15 is 0 Å². The fourth-order valence-electron chi connectivity index (χ4n) is 7.28. The van der Waals surface area contributed by atoms with Crippen LogP contribution in [-0.2, 0) is 4.79 Å². The normalized spacial score (nSPS) is 31.1. The highest BCUT2D eigenvalue weighted by Gasteiger charge is 2.43. The summed E-state index contributed by atoms with van der Waals surface area (Å²) in [6.07, 6.45) is 17.4. The average molecular weight is 495 g/mol. The van der Waals surface area contributed by atoms with Crippen molar-refractivity contribution in [2.45, 2.75) is 103 Å². The van der Waals surface area contributed by atoms with E-state index in [9.17, 15) is 18.0 Å². The molecule has 4 rings (SSSR count). The van der Waals surface area contributed by atoms with Crippen LogP contribution in [0, 0.1) is 41.3 Å². The second-order valence-corrected chi connectivity index (χ2v) is 11.2. The van der Waals surface area contributed by atoms with Crippen LogP contribution in [0.4, 0.5) is 13.2 Å². The fraction of sp³-hybridized carbons (Fsp3) is 0.759. The molecule has 3 aliphatic carbocycles. The summed E-state index contributed by atoms with van der Waals surface area (Å²) in [6, 6.07) is 3.23. The minimum atomic E-state index is -3.03. The SMILES string of the molecule is CCCCCC1CCC(C2CCC3C(CCCC3C(=O)Oc3ccc(OC(F)F)cc3F)C2)CC1. The van der Waals surface area contributed by atoms with Crippen molar-refractivity contribution in [2.75, 3.05) is 0 Å². The van der Waals surface area contributed by atoms with E-state index in [1.807, 2.05) is 0 Å². The zero-order chi connectivity index (χ0) is 24.8. The zero-order valence-corrected chi connectivity index (χ0v) is 21.0. The molecule has 35 heavy (non-hydrogen) atoms. The van der Waals surface area contributed by atoms with Gasteiger partial charge in [-0.1, -0.05) is 58.3 Å². The zero-order valence-electron chi connectivity index (χ0n) is 21.0. The van der Waals surface area contributed by atoms with E-state index in [-0.39, 0.29) is 23.4 Å². The Morgan fingerprint density at radius 3 is 2.46 bits per heavy atom. The number of fused-ring (bicyclic) bond motifs is 1. The van der Waals surface area contributed by atoms with Crippen LogP contribution in [-0.4, -0.2) is 12.6 Å². The lowest BCUT2D eigenvalue weighted by Gasteiger charge is -2.46. The van der Waals surface area contributed by atoms with Crippen molar-refractivity contribution in [1.82, 2.24) is 0 Å². The molecule has 4 unspecified atom stereocenters. The quantitative estimate of drug-likeness (QED) is 0.196. The lowest BCUT2D eigenvalue weighted by Crippen LogP contribution is -2.40. The maximum absolute atomic E-state index is 14.3. The summed E-state index contributed by atoms with van der Waals surface area (Å²) in [5.74, 6) is 1.45. The van der Waals surface area contributed by atoms with E-state index in [0.29, 0.717) is 11.8 Å². The molecule has 0 heterocycles. The molecule has 0 bridgehead atoms. The Morgan fingerprint density at radius 1 is 0.971 bits per heavy atom. The number of unbranched alkanes of at least 4 members (excludes halogenated alkanes) is 2. The molecule has 0 aliphatic heterocycles. The maximum atomic E-state index is 14.3. The molecule has 196 valence electrons. The number of hydrogen-bond donors (Lipinski definition) is 0. The fourth-order valence-corrected chi connectivity index (χ4v) is 7.28. The van der Waals surface area contributed by atoms with Crippen LogP contribution in [0.5, 0.6) is 11.5 Å². The molecule has 3 aliphatic rings. The van der Waals surface area contributed by atoms with Crippen molar-refractivity contribution in [1.29, 1.82) is 0 Å². The standard InChI is InChI=1S/C29H41F3O3/c1-2-3-4-6-19-9-11-20(12-10-19)21-13-15-24-22(17-21)7-5-8-25(24)28(33)35-27-16-14-23(18-26(27)30)34-29(31)32/h14,16,18-22,24-25,29H,2-13,15,17H2,1H3. The number of rotatable bonds is 9. The monoisotopic (exact) mass is 494 g/mol. The highest BCUT2D eigenvalue weighted by Crippen LogP contribution is 2.50. The van der Waals surface area contributed by atoms with Gasteiger partial charge in [-0.15, -0.1) is 0 Å². The number of esters is 1. The Hall–Kier alpha value is -1.72. The minimum absolute atomic E-state index is 0.208. The molecule has 1 aromatic rings. The number of benzene rings is 1. The first-order valence-corrected chi connectivity index (χ1v) is 13.9.